The molecule has 28 heavy (non-hydrogen) atoms. The van der Waals surface area contributed by atoms with E-state index in [1.54, 1.807) is 0 Å². The molecular weight excluding hydrogens is 354 g/mol. The van der Waals surface area contributed by atoms with E-state index >= 15 is 0 Å². The lowest BCUT2D eigenvalue weighted by molar-refractivity contribution is -0.132. The first-order valence-electron chi connectivity index (χ1n) is 10.3. The second kappa shape index (κ2) is 8.03. The van der Waals surface area contributed by atoms with Crippen LogP contribution in [-0.4, -0.2) is 47.3 Å². The van der Waals surface area contributed by atoms with Crippen LogP contribution in [0, 0.1) is 6.92 Å². The molecule has 0 bridgehead atoms. The summed E-state index contributed by atoms with van der Waals surface area (Å²) in [5, 5.41) is 4.31. The first-order chi connectivity index (χ1) is 13.5. The molecule has 2 aliphatic rings. The van der Waals surface area contributed by atoms with Gasteiger partial charge in [-0.1, -0.05) is 36.3 Å². The lowest BCUT2D eigenvalue weighted by Crippen LogP contribution is -2.48. The molecule has 150 valence electrons. The highest BCUT2D eigenvalue weighted by molar-refractivity contribution is 5.79. The van der Waals surface area contributed by atoms with Crippen LogP contribution >= 0.6 is 0 Å². The van der Waals surface area contributed by atoms with E-state index in [0.717, 1.165) is 68.3 Å². The van der Waals surface area contributed by atoms with Crippen molar-refractivity contribution in [3.05, 3.63) is 47.1 Å². The van der Waals surface area contributed by atoms with Crippen molar-refractivity contribution in [3.8, 4) is 0 Å². The van der Waals surface area contributed by atoms with Gasteiger partial charge in [-0.25, -0.2) is 0 Å². The average molecular weight is 383 g/mol. The van der Waals surface area contributed by atoms with Crippen molar-refractivity contribution in [2.24, 2.45) is 0 Å². The molecule has 2 fully saturated rings. The van der Waals surface area contributed by atoms with Gasteiger partial charge in [0.1, 0.15) is 0 Å². The summed E-state index contributed by atoms with van der Waals surface area (Å²) in [6.07, 6.45) is 4.23. The van der Waals surface area contributed by atoms with E-state index < -0.39 is 0 Å². The molecule has 0 spiro atoms. The maximum absolute atomic E-state index is 12.9. The van der Waals surface area contributed by atoms with E-state index in [0.29, 0.717) is 18.9 Å². The minimum Gasteiger partial charge on any atom is -0.381 e. The lowest BCUT2D eigenvalue weighted by Gasteiger charge is -2.38. The van der Waals surface area contributed by atoms with Gasteiger partial charge in [-0.05, 0) is 43.7 Å². The summed E-state index contributed by atoms with van der Waals surface area (Å²) in [6, 6.07) is 8.09. The average Bonchev–Trinajstić information content (AvgIpc) is 3.22. The molecule has 1 amide bonds. The SMILES string of the molecule is Cc1ccccc1CC(=O)N1CCCC(C)(c2noc(C3CCOCC3)n2)C1. The zero-order valence-electron chi connectivity index (χ0n) is 16.8. The minimum atomic E-state index is -0.257. The van der Waals surface area contributed by atoms with Crippen molar-refractivity contribution in [1.82, 2.24) is 15.0 Å². The van der Waals surface area contributed by atoms with E-state index in [4.69, 9.17) is 14.2 Å². The third-order valence-corrected chi connectivity index (χ3v) is 6.20. The van der Waals surface area contributed by atoms with Crippen molar-refractivity contribution >= 4 is 5.91 Å². The molecule has 1 atom stereocenters. The first-order valence-corrected chi connectivity index (χ1v) is 10.3. The molecule has 0 N–H and O–H groups in total. The molecule has 2 aromatic rings. The summed E-state index contributed by atoms with van der Waals surface area (Å²) in [6.45, 7) is 7.15. The zero-order valence-corrected chi connectivity index (χ0v) is 16.8. The Hall–Kier alpha value is -2.21. The largest absolute Gasteiger partial charge is 0.381 e. The number of hydrogen-bond acceptors (Lipinski definition) is 5. The molecule has 6 heteroatoms. The van der Waals surface area contributed by atoms with E-state index in [-0.39, 0.29) is 11.3 Å². The Bertz CT molecular complexity index is 828. The second-order valence-corrected chi connectivity index (χ2v) is 8.43. The van der Waals surface area contributed by atoms with E-state index in [1.165, 1.54) is 0 Å². The number of piperidine rings is 1. The molecule has 2 aliphatic heterocycles. The predicted octanol–water partition coefficient (Wildman–Crippen LogP) is 3.39. The monoisotopic (exact) mass is 383 g/mol. The summed E-state index contributed by atoms with van der Waals surface area (Å²) in [5.74, 6) is 1.93. The molecule has 1 aromatic heterocycles. The van der Waals surface area contributed by atoms with E-state index in [9.17, 15) is 4.79 Å². The molecular formula is C22H29N3O3. The maximum Gasteiger partial charge on any atom is 0.229 e. The number of carbonyl (C=O) groups is 1. The Morgan fingerprint density at radius 2 is 2.07 bits per heavy atom. The molecule has 4 rings (SSSR count). The molecule has 6 nitrogen and oxygen atoms in total. The van der Waals surface area contributed by atoms with E-state index in [2.05, 4.69) is 25.1 Å². The van der Waals surface area contributed by atoms with Crippen LogP contribution in [0.3, 0.4) is 0 Å². The Morgan fingerprint density at radius 3 is 2.86 bits per heavy atom. The molecule has 2 saturated heterocycles. The number of benzene rings is 1. The minimum absolute atomic E-state index is 0.174. The smallest absolute Gasteiger partial charge is 0.229 e. The molecule has 3 heterocycles. The van der Waals surface area contributed by atoms with Crippen LogP contribution in [0.15, 0.2) is 28.8 Å². The quantitative estimate of drug-likeness (QED) is 0.809. The van der Waals surface area contributed by atoms with Crippen LogP contribution in [0.4, 0.5) is 0 Å². The zero-order chi connectivity index (χ0) is 19.6. The van der Waals surface area contributed by atoms with Crippen LogP contribution in [0.2, 0.25) is 0 Å². The van der Waals surface area contributed by atoms with Crippen LogP contribution in [-0.2, 0) is 21.4 Å². The van der Waals surface area contributed by atoms with Crippen LogP contribution in [0.25, 0.3) is 0 Å². The summed E-state index contributed by atoms with van der Waals surface area (Å²) in [7, 11) is 0. The van der Waals surface area contributed by atoms with Gasteiger partial charge in [-0.3, -0.25) is 4.79 Å². The van der Waals surface area contributed by atoms with Crippen LogP contribution < -0.4 is 0 Å². The van der Waals surface area contributed by atoms with Gasteiger partial charge in [0.15, 0.2) is 5.82 Å². The van der Waals surface area contributed by atoms with Gasteiger partial charge in [0.2, 0.25) is 11.8 Å². The van der Waals surface area contributed by atoms with Crippen molar-refractivity contribution in [1.29, 1.82) is 0 Å². The number of hydrogen-bond donors (Lipinski definition) is 0. The number of amides is 1. The standard InChI is InChI=1S/C22H29N3O3/c1-16-6-3-4-7-18(16)14-19(26)25-11-5-10-22(2,15-25)21-23-20(28-24-21)17-8-12-27-13-9-17/h3-4,6-7,17H,5,8-15H2,1-2H3. The molecule has 0 aliphatic carbocycles. The fraction of sp³-hybridized carbons (Fsp3) is 0.591. The predicted molar refractivity (Wildman–Crippen MR) is 105 cm³/mol. The fourth-order valence-electron chi connectivity index (χ4n) is 4.31. The summed E-state index contributed by atoms with van der Waals surface area (Å²) >= 11 is 0. The van der Waals surface area contributed by atoms with Gasteiger partial charge < -0.3 is 14.2 Å². The Balaban J connectivity index is 1.45. The van der Waals surface area contributed by atoms with Crippen molar-refractivity contribution in [2.45, 2.75) is 57.3 Å². The number of rotatable bonds is 4. The Kier molecular flexibility index (Phi) is 5.49. The van der Waals surface area contributed by atoms with E-state index in [1.807, 2.05) is 23.1 Å². The fourth-order valence-corrected chi connectivity index (χ4v) is 4.31. The number of likely N-dealkylation sites (tertiary alicyclic amines) is 1. The van der Waals surface area contributed by atoms with Crippen molar-refractivity contribution in [3.63, 3.8) is 0 Å². The Morgan fingerprint density at radius 1 is 1.29 bits per heavy atom. The number of carbonyl (C=O) groups excluding carboxylic acids is 1. The highest BCUT2D eigenvalue weighted by atomic mass is 16.5. The van der Waals surface area contributed by atoms with Crippen molar-refractivity contribution in [2.75, 3.05) is 26.3 Å². The van der Waals surface area contributed by atoms with Gasteiger partial charge >= 0.3 is 0 Å². The molecule has 0 saturated carbocycles. The lowest BCUT2D eigenvalue weighted by atomic mass is 9.81. The summed E-state index contributed by atoms with van der Waals surface area (Å²) in [4.78, 5) is 19.7. The van der Waals surface area contributed by atoms with Crippen LogP contribution in [0.1, 0.15) is 61.4 Å². The number of aromatic nitrogens is 2. The van der Waals surface area contributed by atoms with Crippen molar-refractivity contribution < 1.29 is 14.1 Å². The molecule has 0 radical (unpaired) electrons. The number of ether oxygens (including phenoxy) is 1. The van der Waals surface area contributed by atoms with Gasteiger partial charge in [0.05, 0.1) is 6.42 Å². The molecule has 1 aromatic carbocycles. The van der Waals surface area contributed by atoms with Gasteiger partial charge in [0.25, 0.3) is 0 Å². The second-order valence-electron chi connectivity index (χ2n) is 8.43. The highest BCUT2D eigenvalue weighted by Gasteiger charge is 2.39. The molecule has 1 unspecified atom stereocenters. The van der Waals surface area contributed by atoms with Gasteiger partial charge in [-0.15, -0.1) is 0 Å². The summed E-state index contributed by atoms with van der Waals surface area (Å²) < 4.78 is 11.0. The first kappa shape index (κ1) is 19.1. The Labute approximate surface area is 166 Å². The topological polar surface area (TPSA) is 68.5 Å². The maximum atomic E-state index is 12.9. The van der Waals surface area contributed by atoms with Gasteiger partial charge in [0, 0.05) is 37.6 Å². The van der Waals surface area contributed by atoms with Gasteiger partial charge in [-0.2, -0.15) is 4.98 Å². The third kappa shape index (κ3) is 3.97. The summed E-state index contributed by atoms with van der Waals surface area (Å²) in [5.41, 5.74) is 2.00. The number of aryl methyl sites for hydroxylation is 1. The normalized spacial score (nSPS) is 23.7. The van der Waals surface area contributed by atoms with Crippen LogP contribution in [0.5, 0.6) is 0 Å². The number of nitrogens with zero attached hydrogens (tertiary/aromatic N) is 3. The highest BCUT2D eigenvalue weighted by Crippen LogP contribution is 2.34. The third-order valence-electron chi connectivity index (χ3n) is 6.20.